The molecule has 5 heteroatoms. The maximum absolute atomic E-state index is 5.72. The first-order valence-electron chi connectivity index (χ1n) is 5.98. The third kappa shape index (κ3) is 2.35. The van der Waals surface area contributed by atoms with Gasteiger partial charge in [0, 0.05) is 6.42 Å². The quantitative estimate of drug-likeness (QED) is 0.775. The molecule has 19 heavy (non-hydrogen) atoms. The summed E-state index contributed by atoms with van der Waals surface area (Å²) in [7, 11) is 1.66. The van der Waals surface area contributed by atoms with Crippen molar-refractivity contribution in [2.24, 2.45) is 0 Å². The van der Waals surface area contributed by atoms with Crippen molar-refractivity contribution >= 4 is 11.3 Å². The van der Waals surface area contributed by atoms with Gasteiger partial charge in [-0.3, -0.25) is 0 Å². The van der Waals surface area contributed by atoms with Crippen LogP contribution in [0, 0.1) is 0 Å². The zero-order chi connectivity index (χ0) is 13.2. The maximum atomic E-state index is 5.72. The Bertz CT molecular complexity index is 720. The maximum Gasteiger partial charge on any atom is 0.156 e. The Morgan fingerprint density at radius 2 is 2.16 bits per heavy atom. The van der Waals surface area contributed by atoms with Crippen molar-refractivity contribution in [3.8, 4) is 5.75 Å². The first-order valence-corrected chi connectivity index (χ1v) is 5.98. The van der Waals surface area contributed by atoms with E-state index < -0.39 is 0 Å². The Balaban J connectivity index is 1.92. The van der Waals surface area contributed by atoms with E-state index in [0.717, 1.165) is 22.8 Å². The Kier molecular flexibility index (Phi) is 2.79. The number of anilines is 1. The molecule has 3 aromatic rings. The number of rotatable bonds is 3. The Labute approximate surface area is 110 Å². The van der Waals surface area contributed by atoms with Gasteiger partial charge in [0.1, 0.15) is 5.75 Å². The molecule has 0 saturated heterocycles. The van der Waals surface area contributed by atoms with E-state index in [1.165, 1.54) is 0 Å². The van der Waals surface area contributed by atoms with Crippen molar-refractivity contribution in [1.82, 2.24) is 14.6 Å². The van der Waals surface area contributed by atoms with E-state index in [-0.39, 0.29) is 0 Å². The van der Waals surface area contributed by atoms with Crippen LogP contribution in [0.5, 0.6) is 5.75 Å². The number of aromatic nitrogens is 3. The largest absolute Gasteiger partial charge is 0.497 e. The first kappa shape index (κ1) is 11.5. The lowest BCUT2D eigenvalue weighted by Crippen LogP contribution is -1.94. The molecule has 5 nitrogen and oxygen atoms in total. The van der Waals surface area contributed by atoms with Gasteiger partial charge in [-0.25, -0.2) is 9.50 Å². The van der Waals surface area contributed by atoms with E-state index in [1.54, 1.807) is 17.8 Å². The highest BCUT2D eigenvalue weighted by Crippen LogP contribution is 2.15. The molecule has 0 bridgehead atoms. The molecule has 0 aliphatic rings. The van der Waals surface area contributed by atoms with E-state index in [4.69, 9.17) is 10.5 Å². The standard InChI is InChI=1S/C14H14N4O/c1-19-12-4-2-3-10(7-12)8-13-16-14-6-5-11(15)9-18(14)17-13/h2-7,9H,8,15H2,1H3. The van der Waals surface area contributed by atoms with Crippen molar-refractivity contribution in [3.63, 3.8) is 0 Å². The smallest absolute Gasteiger partial charge is 0.156 e. The number of methoxy groups -OCH3 is 1. The number of hydrogen-bond acceptors (Lipinski definition) is 4. The monoisotopic (exact) mass is 254 g/mol. The molecule has 0 unspecified atom stereocenters. The summed E-state index contributed by atoms with van der Waals surface area (Å²) in [5, 5.41) is 4.41. The van der Waals surface area contributed by atoms with Gasteiger partial charge in [0.15, 0.2) is 11.5 Å². The summed E-state index contributed by atoms with van der Waals surface area (Å²) in [5.41, 5.74) is 8.30. The summed E-state index contributed by atoms with van der Waals surface area (Å²) in [4.78, 5) is 4.46. The van der Waals surface area contributed by atoms with E-state index in [2.05, 4.69) is 10.1 Å². The highest BCUT2D eigenvalue weighted by molar-refractivity contribution is 5.46. The van der Waals surface area contributed by atoms with Crippen molar-refractivity contribution < 1.29 is 4.74 Å². The van der Waals surface area contributed by atoms with Crippen LogP contribution in [0.2, 0.25) is 0 Å². The van der Waals surface area contributed by atoms with Crippen LogP contribution in [0.15, 0.2) is 42.6 Å². The van der Waals surface area contributed by atoms with E-state index in [0.29, 0.717) is 12.1 Å². The number of hydrogen-bond donors (Lipinski definition) is 1. The lowest BCUT2D eigenvalue weighted by molar-refractivity contribution is 0.414. The summed E-state index contributed by atoms with van der Waals surface area (Å²) in [6.07, 6.45) is 2.43. The van der Waals surface area contributed by atoms with Crippen LogP contribution in [0.4, 0.5) is 5.69 Å². The van der Waals surface area contributed by atoms with Crippen molar-refractivity contribution in [1.29, 1.82) is 0 Å². The zero-order valence-corrected chi connectivity index (χ0v) is 10.6. The van der Waals surface area contributed by atoms with Gasteiger partial charge in [0.05, 0.1) is 19.0 Å². The number of fused-ring (bicyclic) bond motifs is 1. The molecule has 0 aliphatic heterocycles. The Morgan fingerprint density at radius 3 is 3.00 bits per heavy atom. The molecule has 0 radical (unpaired) electrons. The molecule has 2 heterocycles. The normalized spacial score (nSPS) is 10.8. The topological polar surface area (TPSA) is 65.4 Å². The minimum Gasteiger partial charge on any atom is -0.497 e. The number of nitrogens with two attached hydrogens (primary N) is 1. The second-order valence-corrected chi connectivity index (χ2v) is 4.32. The fraction of sp³-hybridized carbons (Fsp3) is 0.143. The Morgan fingerprint density at radius 1 is 1.26 bits per heavy atom. The van der Waals surface area contributed by atoms with Gasteiger partial charge in [-0.2, -0.15) is 5.10 Å². The molecule has 0 saturated carbocycles. The van der Waals surface area contributed by atoms with E-state index >= 15 is 0 Å². The molecule has 0 aliphatic carbocycles. The van der Waals surface area contributed by atoms with Crippen LogP contribution < -0.4 is 10.5 Å². The van der Waals surface area contributed by atoms with Crippen LogP contribution in [0.3, 0.4) is 0 Å². The zero-order valence-electron chi connectivity index (χ0n) is 10.6. The summed E-state index contributed by atoms with van der Waals surface area (Å²) in [6, 6.07) is 11.6. The summed E-state index contributed by atoms with van der Waals surface area (Å²) >= 11 is 0. The summed E-state index contributed by atoms with van der Waals surface area (Å²) in [5.74, 6) is 1.60. The third-order valence-corrected chi connectivity index (χ3v) is 2.89. The molecule has 0 spiro atoms. The molecular formula is C14H14N4O. The molecule has 96 valence electrons. The summed E-state index contributed by atoms with van der Waals surface area (Å²) in [6.45, 7) is 0. The Hall–Kier alpha value is -2.56. The molecule has 0 amide bonds. The van der Waals surface area contributed by atoms with Gasteiger partial charge < -0.3 is 10.5 Å². The van der Waals surface area contributed by atoms with Gasteiger partial charge in [0.25, 0.3) is 0 Å². The van der Waals surface area contributed by atoms with Gasteiger partial charge in [0.2, 0.25) is 0 Å². The lowest BCUT2D eigenvalue weighted by atomic mass is 10.1. The minimum absolute atomic E-state index is 0.665. The number of nitrogens with zero attached hydrogens (tertiary/aromatic N) is 3. The van der Waals surface area contributed by atoms with Crippen molar-refractivity contribution in [2.75, 3.05) is 12.8 Å². The fourth-order valence-corrected chi connectivity index (χ4v) is 1.98. The van der Waals surface area contributed by atoms with Crippen LogP contribution >= 0.6 is 0 Å². The molecule has 0 fully saturated rings. The predicted octanol–water partition coefficient (Wildman–Crippen LogP) is 1.91. The fourth-order valence-electron chi connectivity index (χ4n) is 1.98. The van der Waals surface area contributed by atoms with Crippen molar-refractivity contribution in [2.45, 2.75) is 6.42 Å². The van der Waals surface area contributed by atoms with Crippen LogP contribution in [-0.2, 0) is 6.42 Å². The number of pyridine rings is 1. The highest BCUT2D eigenvalue weighted by atomic mass is 16.5. The molecular weight excluding hydrogens is 240 g/mol. The third-order valence-electron chi connectivity index (χ3n) is 2.89. The van der Waals surface area contributed by atoms with Gasteiger partial charge in [-0.15, -0.1) is 0 Å². The molecule has 2 N–H and O–H groups in total. The van der Waals surface area contributed by atoms with E-state index in [9.17, 15) is 0 Å². The van der Waals surface area contributed by atoms with E-state index in [1.807, 2.05) is 36.4 Å². The molecule has 0 atom stereocenters. The highest BCUT2D eigenvalue weighted by Gasteiger charge is 2.05. The second kappa shape index (κ2) is 4.61. The number of nitrogen functional groups attached to an aromatic ring is 1. The van der Waals surface area contributed by atoms with Crippen LogP contribution in [-0.4, -0.2) is 21.7 Å². The number of benzene rings is 1. The van der Waals surface area contributed by atoms with Gasteiger partial charge >= 0.3 is 0 Å². The van der Waals surface area contributed by atoms with Gasteiger partial charge in [-0.05, 0) is 29.8 Å². The average molecular weight is 254 g/mol. The van der Waals surface area contributed by atoms with Crippen molar-refractivity contribution in [3.05, 3.63) is 54.0 Å². The number of ether oxygens (including phenoxy) is 1. The first-order chi connectivity index (χ1) is 9.24. The SMILES string of the molecule is COc1cccc(Cc2nc3ccc(N)cn3n2)c1. The molecule has 2 aromatic heterocycles. The molecule has 1 aromatic carbocycles. The summed E-state index contributed by atoms with van der Waals surface area (Å²) < 4.78 is 6.90. The lowest BCUT2D eigenvalue weighted by Gasteiger charge is -2.01. The minimum atomic E-state index is 0.665. The van der Waals surface area contributed by atoms with Gasteiger partial charge in [-0.1, -0.05) is 12.1 Å². The van der Waals surface area contributed by atoms with Crippen LogP contribution in [0.25, 0.3) is 5.65 Å². The average Bonchev–Trinajstić information content (AvgIpc) is 2.80. The second-order valence-electron chi connectivity index (χ2n) is 4.32. The van der Waals surface area contributed by atoms with Crippen LogP contribution in [0.1, 0.15) is 11.4 Å². The molecule has 3 rings (SSSR count). The predicted molar refractivity (Wildman–Crippen MR) is 73.2 cm³/mol.